The second kappa shape index (κ2) is 7.25. The van der Waals surface area contributed by atoms with Gasteiger partial charge in [-0.3, -0.25) is 0 Å². The van der Waals surface area contributed by atoms with E-state index in [0.29, 0.717) is 18.8 Å². The van der Waals surface area contributed by atoms with Crippen molar-refractivity contribution in [3.63, 3.8) is 0 Å². The molecule has 0 aromatic heterocycles. The van der Waals surface area contributed by atoms with Gasteiger partial charge < -0.3 is 15.2 Å². The van der Waals surface area contributed by atoms with Crippen LogP contribution in [0.25, 0.3) is 0 Å². The summed E-state index contributed by atoms with van der Waals surface area (Å²) in [6.07, 6.45) is 5.35. The monoisotopic (exact) mass is 229 g/mol. The van der Waals surface area contributed by atoms with E-state index >= 15 is 0 Å². The molecule has 16 heavy (non-hydrogen) atoms. The molecule has 3 heteroatoms. The first kappa shape index (κ1) is 13.9. The van der Waals surface area contributed by atoms with Crippen LogP contribution in [0.15, 0.2) is 0 Å². The van der Waals surface area contributed by atoms with Gasteiger partial charge in [-0.15, -0.1) is 0 Å². The molecular weight excluding hydrogens is 202 g/mol. The summed E-state index contributed by atoms with van der Waals surface area (Å²) in [6.45, 7) is 7.28. The molecule has 1 fully saturated rings. The van der Waals surface area contributed by atoms with Crippen molar-refractivity contribution in [2.24, 2.45) is 5.92 Å². The smallest absolute Gasteiger partial charge is 0.0645 e. The molecule has 96 valence electrons. The summed E-state index contributed by atoms with van der Waals surface area (Å²) in [5, 5.41) is 12.5. The molecule has 0 aromatic carbocycles. The Morgan fingerprint density at radius 3 is 2.38 bits per heavy atom. The van der Waals surface area contributed by atoms with Crippen LogP contribution in [0.2, 0.25) is 0 Å². The van der Waals surface area contributed by atoms with Crippen molar-refractivity contribution < 1.29 is 9.84 Å². The zero-order chi connectivity index (χ0) is 12.0. The minimum atomic E-state index is 0.0827. The van der Waals surface area contributed by atoms with Crippen LogP contribution in [-0.2, 0) is 4.74 Å². The summed E-state index contributed by atoms with van der Waals surface area (Å²) in [5.74, 6) is 0.863. The van der Waals surface area contributed by atoms with Gasteiger partial charge >= 0.3 is 0 Å². The normalized spacial score (nSPS) is 28.3. The molecule has 0 saturated heterocycles. The Morgan fingerprint density at radius 2 is 1.88 bits per heavy atom. The third-order valence-electron chi connectivity index (χ3n) is 3.29. The van der Waals surface area contributed by atoms with E-state index in [9.17, 15) is 5.11 Å². The zero-order valence-electron chi connectivity index (χ0n) is 10.9. The van der Waals surface area contributed by atoms with Crippen LogP contribution in [0.5, 0.6) is 0 Å². The molecule has 0 spiro atoms. The van der Waals surface area contributed by atoms with Crippen molar-refractivity contribution in [2.45, 2.75) is 64.6 Å². The Morgan fingerprint density at radius 1 is 1.25 bits per heavy atom. The lowest BCUT2D eigenvalue weighted by molar-refractivity contribution is -0.000756. The molecule has 3 nitrogen and oxygen atoms in total. The minimum absolute atomic E-state index is 0.0827. The standard InChI is InChI=1S/C13H27NO2/c1-10(2)14-12(8-15)9-16-13-6-4-11(3)5-7-13/h10-15H,4-9H2,1-3H3. The van der Waals surface area contributed by atoms with Gasteiger partial charge in [0.15, 0.2) is 0 Å². The molecular formula is C13H27NO2. The summed E-state index contributed by atoms with van der Waals surface area (Å²) in [4.78, 5) is 0. The van der Waals surface area contributed by atoms with Gasteiger partial charge in [-0.1, -0.05) is 20.8 Å². The molecule has 0 aliphatic heterocycles. The van der Waals surface area contributed by atoms with Crippen LogP contribution in [0.1, 0.15) is 46.5 Å². The van der Waals surface area contributed by atoms with Gasteiger partial charge in [0.2, 0.25) is 0 Å². The fraction of sp³-hybridized carbons (Fsp3) is 1.00. The van der Waals surface area contributed by atoms with E-state index in [-0.39, 0.29) is 12.6 Å². The van der Waals surface area contributed by atoms with Crippen LogP contribution >= 0.6 is 0 Å². The highest BCUT2D eigenvalue weighted by atomic mass is 16.5. The molecule has 1 aliphatic rings. The lowest BCUT2D eigenvalue weighted by atomic mass is 9.89. The van der Waals surface area contributed by atoms with Crippen LogP contribution in [0, 0.1) is 5.92 Å². The van der Waals surface area contributed by atoms with Gasteiger partial charge in [0.25, 0.3) is 0 Å². The molecule has 0 bridgehead atoms. The van der Waals surface area contributed by atoms with E-state index in [2.05, 4.69) is 26.1 Å². The Kier molecular flexibility index (Phi) is 6.32. The lowest BCUT2D eigenvalue weighted by Crippen LogP contribution is -2.42. The van der Waals surface area contributed by atoms with Gasteiger partial charge in [-0.25, -0.2) is 0 Å². The molecule has 1 saturated carbocycles. The topological polar surface area (TPSA) is 41.5 Å². The van der Waals surface area contributed by atoms with E-state index in [1.54, 1.807) is 0 Å². The molecule has 0 heterocycles. The van der Waals surface area contributed by atoms with Crippen LogP contribution in [0.4, 0.5) is 0 Å². The maximum Gasteiger partial charge on any atom is 0.0645 e. The van der Waals surface area contributed by atoms with Crippen LogP contribution < -0.4 is 5.32 Å². The maximum atomic E-state index is 9.20. The third kappa shape index (κ3) is 5.28. The van der Waals surface area contributed by atoms with Crippen molar-refractivity contribution in [1.29, 1.82) is 0 Å². The van der Waals surface area contributed by atoms with E-state index in [1.807, 2.05) is 0 Å². The summed E-state index contributed by atoms with van der Waals surface area (Å²) in [5.41, 5.74) is 0. The molecule has 1 aliphatic carbocycles. The minimum Gasteiger partial charge on any atom is -0.395 e. The SMILES string of the molecule is CC1CCC(OCC(CO)NC(C)C)CC1. The van der Waals surface area contributed by atoms with E-state index in [0.717, 1.165) is 5.92 Å². The summed E-state index contributed by atoms with van der Waals surface area (Å²) >= 11 is 0. The van der Waals surface area contributed by atoms with Gasteiger partial charge in [-0.2, -0.15) is 0 Å². The highest BCUT2D eigenvalue weighted by Crippen LogP contribution is 2.25. The molecule has 2 N–H and O–H groups in total. The summed E-state index contributed by atoms with van der Waals surface area (Å²) in [6, 6.07) is 0.478. The predicted molar refractivity (Wildman–Crippen MR) is 66.5 cm³/mol. The summed E-state index contributed by atoms with van der Waals surface area (Å²) in [7, 11) is 0. The number of hydrogen-bond acceptors (Lipinski definition) is 3. The fourth-order valence-electron chi connectivity index (χ4n) is 2.27. The first-order valence-corrected chi connectivity index (χ1v) is 6.60. The van der Waals surface area contributed by atoms with Crippen LogP contribution in [0.3, 0.4) is 0 Å². The summed E-state index contributed by atoms with van der Waals surface area (Å²) < 4.78 is 5.86. The maximum absolute atomic E-state index is 9.20. The van der Waals surface area contributed by atoms with Gasteiger partial charge in [0.05, 0.1) is 25.4 Å². The van der Waals surface area contributed by atoms with Gasteiger partial charge in [0.1, 0.15) is 0 Å². The fourth-order valence-corrected chi connectivity index (χ4v) is 2.27. The second-order valence-electron chi connectivity index (χ2n) is 5.42. The number of ether oxygens (including phenoxy) is 1. The van der Waals surface area contributed by atoms with Crippen molar-refractivity contribution in [1.82, 2.24) is 5.32 Å². The average molecular weight is 229 g/mol. The Hall–Kier alpha value is -0.120. The first-order valence-electron chi connectivity index (χ1n) is 6.60. The van der Waals surface area contributed by atoms with Crippen molar-refractivity contribution in [3.05, 3.63) is 0 Å². The van der Waals surface area contributed by atoms with Gasteiger partial charge in [0, 0.05) is 6.04 Å². The predicted octanol–water partition coefficient (Wildman–Crippen LogP) is 1.94. The van der Waals surface area contributed by atoms with Crippen molar-refractivity contribution in [3.8, 4) is 0 Å². The van der Waals surface area contributed by atoms with Crippen LogP contribution in [-0.4, -0.2) is 36.5 Å². The average Bonchev–Trinajstić information content (AvgIpc) is 2.26. The highest BCUT2D eigenvalue weighted by molar-refractivity contribution is 4.73. The van der Waals surface area contributed by atoms with Gasteiger partial charge in [-0.05, 0) is 31.6 Å². The van der Waals surface area contributed by atoms with E-state index in [4.69, 9.17) is 4.74 Å². The largest absolute Gasteiger partial charge is 0.395 e. The molecule has 1 atom stereocenters. The van der Waals surface area contributed by atoms with Crippen molar-refractivity contribution in [2.75, 3.05) is 13.2 Å². The van der Waals surface area contributed by atoms with Crippen molar-refractivity contribution >= 4 is 0 Å². The second-order valence-corrected chi connectivity index (χ2v) is 5.42. The Balaban J connectivity index is 2.16. The highest BCUT2D eigenvalue weighted by Gasteiger charge is 2.20. The number of rotatable bonds is 6. The quantitative estimate of drug-likeness (QED) is 0.731. The molecule has 0 radical (unpaired) electrons. The lowest BCUT2D eigenvalue weighted by Gasteiger charge is -2.28. The third-order valence-corrected chi connectivity index (χ3v) is 3.29. The number of nitrogens with one attached hydrogen (secondary N) is 1. The van der Waals surface area contributed by atoms with E-state index in [1.165, 1.54) is 25.7 Å². The number of aliphatic hydroxyl groups is 1. The molecule has 1 rings (SSSR count). The number of aliphatic hydroxyl groups excluding tert-OH is 1. The molecule has 1 unspecified atom stereocenters. The Bertz CT molecular complexity index is 177. The van der Waals surface area contributed by atoms with E-state index < -0.39 is 0 Å². The molecule has 0 aromatic rings. The Labute approximate surface area is 99.6 Å². The molecule has 0 amide bonds. The number of hydrogen-bond donors (Lipinski definition) is 2. The first-order chi connectivity index (χ1) is 7.61. The zero-order valence-corrected chi connectivity index (χ0v) is 10.9.